The lowest BCUT2D eigenvalue weighted by Crippen LogP contribution is -2.38. The number of nitrogens with zero attached hydrogens (tertiary/aromatic N) is 1. The van der Waals surface area contributed by atoms with Crippen molar-refractivity contribution in [2.75, 3.05) is 30.1 Å². The van der Waals surface area contributed by atoms with Gasteiger partial charge in [-0.3, -0.25) is 9.59 Å². The second kappa shape index (κ2) is 7.19. The molecule has 0 aliphatic carbocycles. The van der Waals surface area contributed by atoms with Gasteiger partial charge in [0.25, 0.3) is 5.91 Å². The van der Waals surface area contributed by atoms with E-state index in [0.29, 0.717) is 17.1 Å². The van der Waals surface area contributed by atoms with Gasteiger partial charge in [0.1, 0.15) is 0 Å². The fraction of sp³-hybridized carbons (Fsp3) is 0.300. The van der Waals surface area contributed by atoms with Crippen LogP contribution in [0.1, 0.15) is 23.2 Å². The standard InChI is InChI=1S/C20H21N3O4/c21-19(24)13-7-9-23(10-8-13)16-4-2-1-3-15(16)22-20(25)14-5-6-17-18(11-14)27-12-26-17/h1-6,11,13H,7-10,12H2,(H2,21,24)(H,22,25). The summed E-state index contributed by atoms with van der Waals surface area (Å²) in [6.07, 6.45) is 1.44. The summed E-state index contributed by atoms with van der Waals surface area (Å²) in [7, 11) is 0. The molecule has 0 spiro atoms. The van der Waals surface area contributed by atoms with Crippen LogP contribution in [0.3, 0.4) is 0 Å². The molecule has 2 aromatic rings. The van der Waals surface area contributed by atoms with Gasteiger partial charge in [-0.2, -0.15) is 0 Å². The molecule has 2 heterocycles. The first-order valence-electron chi connectivity index (χ1n) is 8.96. The Bertz CT molecular complexity index is 875. The van der Waals surface area contributed by atoms with Crippen molar-refractivity contribution in [3.05, 3.63) is 48.0 Å². The second-order valence-corrected chi connectivity index (χ2v) is 6.70. The maximum Gasteiger partial charge on any atom is 0.255 e. The van der Waals surface area contributed by atoms with Gasteiger partial charge in [0.15, 0.2) is 11.5 Å². The molecule has 4 rings (SSSR count). The molecule has 2 aromatic carbocycles. The van der Waals surface area contributed by atoms with Crippen molar-refractivity contribution in [1.29, 1.82) is 0 Å². The van der Waals surface area contributed by atoms with E-state index in [1.165, 1.54) is 0 Å². The van der Waals surface area contributed by atoms with E-state index in [1.807, 2.05) is 24.3 Å². The zero-order valence-corrected chi connectivity index (χ0v) is 14.8. The summed E-state index contributed by atoms with van der Waals surface area (Å²) in [4.78, 5) is 26.3. The maximum atomic E-state index is 12.7. The van der Waals surface area contributed by atoms with Gasteiger partial charge in [0.2, 0.25) is 12.7 Å². The van der Waals surface area contributed by atoms with Crippen LogP contribution in [-0.2, 0) is 4.79 Å². The lowest BCUT2D eigenvalue weighted by atomic mass is 9.96. The molecule has 0 unspecified atom stereocenters. The number of primary amides is 1. The third kappa shape index (κ3) is 3.53. The highest BCUT2D eigenvalue weighted by molar-refractivity contribution is 6.06. The minimum atomic E-state index is -0.237. The summed E-state index contributed by atoms with van der Waals surface area (Å²) in [5.74, 6) is 0.692. The van der Waals surface area contributed by atoms with Crippen LogP contribution in [-0.4, -0.2) is 31.7 Å². The Morgan fingerprint density at radius 3 is 2.56 bits per heavy atom. The van der Waals surface area contributed by atoms with Crippen LogP contribution >= 0.6 is 0 Å². The molecule has 3 N–H and O–H groups in total. The quantitative estimate of drug-likeness (QED) is 0.865. The van der Waals surface area contributed by atoms with E-state index in [2.05, 4.69) is 10.2 Å². The smallest absolute Gasteiger partial charge is 0.255 e. The van der Waals surface area contributed by atoms with Crippen LogP contribution in [0.5, 0.6) is 11.5 Å². The van der Waals surface area contributed by atoms with Crippen LogP contribution < -0.4 is 25.4 Å². The summed E-state index contributed by atoms with van der Waals surface area (Å²) in [6, 6.07) is 12.8. The maximum absolute atomic E-state index is 12.7. The normalized spacial score (nSPS) is 16.2. The largest absolute Gasteiger partial charge is 0.454 e. The number of piperidine rings is 1. The molecule has 27 heavy (non-hydrogen) atoms. The first-order valence-corrected chi connectivity index (χ1v) is 8.96. The van der Waals surface area contributed by atoms with E-state index < -0.39 is 0 Å². The van der Waals surface area contributed by atoms with E-state index >= 15 is 0 Å². The van der Waals surface area contributed by atoms with Gasteiger partial charge < -0.3 is 25.4 Å². The minimum Gasteiger partial charge on any atom is -0.454 e. The number of para-hydroxylation sites is 2. The Kier molecular flexibility index (Phi) is 4.58. The van der Waals surface area contributed by atoms with E-state index in [1.54, 1.807) is 18.2 Å². The van der Waals surface area contributed by atoms with Gasteiger partial charge in [-0.15, -0.1) is 0 Å². The lowest BCUT2D eigenvalue weighted by Gasteiger charge is -2.33. The van der Waals surface area contributed by atoms with E-state index in [-0.39, 0.29) is 24.5 Å². The number of hydrogen-bond acceptors (Lipinski definition) is 5. The topological polar surface area (TPSA) is 93.9 Å². The van der Waals surface area contributed by atoms with Crippen molar-refractivity contribution >= 4 is 23.2 Å². The van der Waals surface area contributed by atoms with Crippen LogP contribution in [0.15, 0.2) is 42.5 Å². The fourth-order valence-electron chi connectivity index (χ4n) is 3.49. The molecule has 7 nitrogen and oxygen atoms in total. The molecule has 2 aliphatic rings. The second-order valence-electron chi connectivity index (χ2n) is 6.70. The number of ether oxygens (including phenoxy) is 2. The number of nitrogens with one attached hydrogen (secondary N) is 1. The van der Waals surface area contributed by atoms with Crippen molar-refractivity contribution in [2.45, 2.75) is 12.8 Å². The van der Waals surface area contributed by atoms with Crippen molar-refractivity contribution in [3.63, 3.8) is 0 Å². The molecule has 1 fully saturated rings. The number of rotatable bonds is 4. The Hall–Kier alpha value is -3.22. The van der Waals surface area contributed by atoms with Crippen LogP contribution in [0.2, 0.25) is 0 Å². The fourth-order valence-corrected chi connectivity index (χ4v) is 3.49. The summed E-state index contributed by atoms with van der Waals surface area (Å²) in [6.45, 7) is 1.62. The first kappa shape index (κ1) is 17.2. The molecule has 2 aliphatic heterocycles. The molecule has 0 atom stereocenters. The number of carbonyl (C=O) groups is 2. The highest BCUT2D eigenvalue weighted by Crippen LogP contribution is 2.34. The van der Waals surface area contributed by atoms with Crippen LogP contribution in [0.4, 0.5) is 11.4 Å². The molecular formula is C20H21N3O4. The number of benzene rings is 2. The first-order chi connectivity index (χ1) is 13.1. The van der Waals surface area contributed by atoms with Crippen molar-refractivity contribution < 1.29 is 19.1 Å². The van der Waals surface area contributed by atoms with Crippen molar-refractivity contribution in [3.8, 4) is 11.5 Å². The molecule has 0 aromatic heterocycles. The minimum absolute atomic E-state index is 0.0726. The molecule has 0 bridgehead atoms. The molecule has 0 radical (unpaired) electrons. The van der Waals surface area contributed by atoms with Crippen molar-refractivity contribution in [1.82, 2.24) is 0 Å². The zero-order chi connectivity index (χ0) is 18.8. The van der Waals surface area contributed by atoms with Gasteiger partial charge in [0.05, 0.1) is 11.4 Å². The van der Waals surface area contributed by atoms with E-state index in [0.717, 1.165) is 37.3 Å². The van der Waals surface area contributed by atoms with Crippen molar-refractivity contribution in [2.24, 2.45) is 11.7 Å². The van der Waals surface area contributed by atoms with E-state index in [9.17, 15) is 9.59 Å². The third-order valence-electron chi connectivity index (χ3n) is 5.03. The average Bonchev–Trinajstić information content (AvgIpc) is 3.16. The Morgan fingerprint density at radius 2 is 1.78 bits per heavy atom. The Labute approximate surface area is 157 Å². The van der Waals surface area contributed by atoms with Gasteiger partial charge in [-0.25, -0.2) is 0 Å². The molecule has 1 saturated heterocycles. The lowest BCUT2D eigenvalue weighted by molar-refractivity contribution is -0.122. The summed E-state index contributed by atoms with van der Waals surface area (Å²) < 4.78 is 10.6. The third-order valence-corrected chi connectivity index (χ3v) is 5.03. The number of anilines is 2. The highest BCUT2D eigenvalue weighted by Gasteiger charge is 2.25. The number of fused-ring (bicyclic) bond motifs is 1. The van der Waals surface area contributed by atoms with Gasteiger partial charge in [-0.05, 0) is 43.2 Å². The predicted octanol–water partition coefficient (Wildman–Crippen LogP) is 2.37. The number of amides is 2. The molecule has 2 amide bonds. The SMILES string of the molecule is NC(=O)C1CCN(c2ccccc2NC(=O)c2ccc3c(c2)OCO3)CC1. The average molecular weight is 367 g/mol. The number of carbonyl (C=O) groups excluding carboxylic acids is 2. The van der Waals surface area contributed by atoms with Gasteiger partial charge >= 0.3 is 0 Å². The summed E-state index contributed by atoms with van der Waals surface area (Å²) in [5, 5.41) is 2.98. The molecular weight excluding hydrogens is 346 g/mol. The monoisotopic (exact) mass is 367 g/mol. The summed E-state index contributed by atoms with van der Waals surface area (Å²) >= 11 is 0. The highest BCUT2D eigenvalue weighted by atomic mass is 16.7. The molecule has 140 valence electrons. The predicted molar refractivity (Wildman–Crippen MR) is 101 cm³/mol. The van der Waals surface area contributed by atoms with Crippen LogP contribution in [0, 0.1) is 5.92 Å². The molecule has 7 heteroatoms. The van der Waals surface area contributed by atoms with Gasteiger partial charge in [0, 0.05) is 24.6 Å². The summed E-state index contributed by atoms with van der Waals surface area (Å²) in [5.41, 5.74) is 7.59. The van der Waals surface area contributed by atoms with E-state index in [4.69, 9.17) is 15.2 Å². The zero-order valence-electron chi connectivity index (χ0n) is 14.8. The Balaban J connectivity index is 1.50. The van der Waals surface area contributed by atoms with Crippen LogP contribution in [0.25, 0.3) is 0 Å². The molecule has 0 saturated carbocycles. The number of hydrogen-bond donors (Lipinski definition) is 2. The Morgan fingerprint density at radius 1 is 1.04 bits per heavy atom. The van der Waals surface area contributed by atoms with Gasteiger partial charge in [-0.1, -0.05) is 12.1 Å². The number of nitrogens with two attached hydrogens (primary N) is 1.